The van der Waals surface area contributed by atoms with Crippen LogP contribution in [0.3, 0.4) is 0 Å². The molecule has 0 aromatic heterocycles. The zero-order chi connectivity index (χ0) is 15.6. The van der Waals surface area contributed by atoms with E-state index in [1.54, 1.807) is 30.3 Å². The molecule has 0 amide bonds. The summed E-state index contributed by atoms with van der Waals surface area (Å²) in [7, 11) is 0. The Morgan fingerprint density at radius 2 is 1.86 bits per heavy atom. The maximum atomic E-state index is 14.1. The molecule has 112 valence electrons. The molecule has 21 heavy (non-hydrogen) atoms. The van der Waals surface area contributed by atoms with Crippen molar-refractivity contribution in [2.24, 2.45) is 5.73 Å². The van der Waals surface area contributed by atoms with Crippen molar-refractivity contribution < 1.29 is 9.50 Å². The van der Waals surface area contributed by atoms with Crippen molar-refractivity contribution in [3.05, 3.63) is 67.9 Å². The van der Waals surface area contributed by atoms with Gasteiger partial charge in [0.1, 0.15) is 5.82 Å². The van der Waals surface area contributed by atoms with Crippen molar-refractivity contribution in [1.82, 2.24) is 0 Å². The van der Waals surface area contributed by atoms with Crippen molar-refractivity contribution in [2.75, 3.05) is 6.54 Å². The fourth-order valence-electron chi connectivity index (χ4n) is 2.19. The van der Waals surface area contributed by atoms with Crippen LogP contribution in [0.15, 0.2) is 40.9 Å². The molecule has 0 spiro atoms. The minimum atomic E-state index is -1.02. The first-order valence-corrected chi connectivity index (χ1v) is 7.77. The van der Waals surface area contributed by atoms with Crippen LogP contribution < -0.4 is 5.73 Å². The fourth-order valence-corrected chi connectivity index (χ4v) is 3.16. The van der Waals surface area contributed by atoms with Crippen LogP contribution >= 0.6 is 39.1 Å². The third kappa shape index (κ3) is 3.58. The summed E-state index contributed by atoms with van der Waals surface area (Å²) in [6.45, 7) is 0.0603. The first kappa shape index (κ1) is 16.7. The molecule has 0 heterocycles. The number of benzene rings is 2. The molecule has 6 heteroatoms. The minimum Gasteiger partial charge on any atom is -0.388 e. The second-order valence-electron chi connectivity index (χ2n) is 4.60. The molecule has 2 atom stereocenters. The quantitative estimate of drug-likeness (QED) is 0.793. The van der Waals surface area contributed by atoms with Crippen LogP contribution in [0.25, 0.3) is 0 Å². The normalized spacial score (nSPS) is 14.0. The lowest BCUT2D eigenvalue weighted by molar-refractivity contribution is 0.146. The average Bonchev–Trinajstić information content (AvgIpc) is 2.44. The number of hydrogen-bond donors (Lipinski definition) is 2. The van der Waals surface area contributed by atoms with Gasteiger partial charge in [0.05, 0.1) is 11.1 Å². The van der Waals surface area contributed by atoms with Gasteiger partial charge in [-0.1, -0.05) is 57.3 Å². The first-order valence-electron chi connectivity index (χ1n) is 6.22. The summed E-state index contributed by atoms with van der Waals surface area (Å²) in [5.74, 6) is -1.20. The van der Waals surface area contributed by atoms with Gasteiger partial charge >= 0.3 is 0 Å². The largest absolute Gasteiger partial charge is 0.388 e. The number of hydrogen-bond acceptors (Lipinski definition) is 2. The maximum Gasteiger partial charge on any atom is 0.145 e. The first-order chi connectivity index (χ1) is 9.95. The Hall–Kier alpha value is -0.650. The van der Waals surface area contributed by atoms with Gasteiger partial charge in [-0.25, -0.2) is 4.39 Å². The van der Waals surface area contributed by atoms with Crippen LogP contribution in [-0.4, -0.2) is 11.7 Å². The lowest BCUT2D eigenvalue weighted by atomic mass is 9.89. The zero-order valence-electron chi connectivity index (χ0n) is 10.9. The molecule has 0 bridgehead atoms. The van der Waals surface area contributed by atoms with E-state index in [9.17, 15) is 9.50 Å². The van der Waals surface area contributed by atoms with E-state index in [-0.39, 0.29) is 17.1 Å². The lowest BCUT2D eigenvalue weighted by Crippen LogP contribution is -2.21. The standard InChI is InChI=1S/C15H13BrCl2FNO/c16-8-4-5-10(13(18)6-8)15(21)11(7-20)9-2-1-3-12(17)14(9)19/h1-6,11,15,21H,7,20H2. The third-order valence-electron chi connectivity index (χ3n) is 3.30. The van der Waals surface area contributed by atoms with Gasteiger partial charge in [-0.15, -0.1) is 0 Å². The monoisotopic (exact) mass is 391 g/mol. The van der Waals surface area contributed by atoms with Gasteiger partial charge in [0.15, 0.2) is 0 Å². The van der Waals surface area contributed by atoms with E-state index < -0.39 is 17.8 Å². The summed E-state index contributed by atoms with van der Waals surface area (Å²) in [5.41, 5.74) is 6.49. The summed E-state index contributed by atoms with van der Waals surface area (Å²) < 4.78 is 14.9. The van der Waals surface area contributed by atoms with Gasteiger partial charge in [-0.05, 0) is 29.3 Å². The van der Waals surface area contributed by atoms with Crippen molar-refractivity contribution in [1.29, 1.82) is 0 Å². The van der Waals surface area contributed by atoms with E-state index in [4.69, 9.17) is 28.9 Å². The highest BCUT2D eigenvalue weighted by atomic mass is 79.9. The number of aliphatic hydroxyl groups is 1. The average molecular weight is 393 g/mol. The predicted octanol–water partition coefficient (Wildman–Crippen LogP) is 4.67. The molecule has 2 nitrogen and oxygen atoms in total. The highest BCUT2D eigenvalue weighted by Gasteiger charge is 2.26. The molecule has 0 saturated carbocycles. The second kappa shape index (κ2) is 7.07. The zero-order valence-corrected chi connectivity index (χ0v) is 14.0. The Labute approximate surface area is 140 Å². The number of rotatable bonds is 4. The Morgan fingerprint density at radius 3 is 2.48 bits per heavy atom. The molecule has 2 rings (SSSR count). The summed E-state index contributed by atoms with van der Waals surface area (Å²) in [6, 6.07) is 9.75. The van der Waals surface area contributed by atoms with E-state index in [0.29, 0.717) is 10.6 Å². The minimum absolute atomic E-state index is 0.0000491. The summed E-state index contributed by atoms with van der Waals surface area (Å²) >= 11 is 15.2. The van der Waals surface area contributed by atoms with Crippen LogP contribution in [0.2, 0.25) is 10.0 Å². The molecule has 0 fully saturated rings. The molecule has 0 saturated heterocycles. The van der Waals surface area contributed by atoms with Crippen LogP contribution in [0.1, 0.15) is 23.1 Å². The number of aliphatic hydroxyl groups excluding tert-OH is 1. The molecule has 0 aliphatic rings. The highest BCUT2D eigenvalue weighted by molar-refractivity contribution is 9.10. The van der Waals surface area contributed by atoms with Crippen LogP contribution in [-0.2, 0) is 0 Å². The van der Waals surface area contributed by atoms with Crippen molar-refractivity contribution in [3.8, 4) is 0 Å². The maximum absolute atomic E-state index is 14.1. The molecule has 2 aromatic rings. The summed E-state index contributed by atoms with van der Waals surface area (Å²) in [4.78, 5) is 0. The topological polar surface area (TPSA) is 46.2 Å². The van der Waals surface area contributed by atoms with Crippen molar-refractivity contribution >= 4 is 39.1 Å². The van der Waals surface area contributed by atoms with Crippen LogP contribution in [0.4, 0.5) is 4.39 Å². The van der Waals surface area contributed by atoms with Crippen LogP contribution in [0.5, 0.6) is 0 Å². The van der Waals surface area contributed by atoms with Crippen LogP contribution in [0, 0.1) is 5.82 Å². The van der Waals surface area contributed by atoms with Gasteiger partial charge in [0.25, 0.3) is 0 Å². The highest BCUT2D eigenvalue weighted by Crippen LogP contribution is 2.37. The van der Waals surface area contributed by atoms with E-state index in [1.807, 2.05) is 0 Å². The van der Waals surface area contributed by atoms with E-state index in [1.165, 1.54) is 6.07 Å². The summed E-state index contributed by atoms with van der Waals surface area (Å²) in [6.07, 6.45) is -1.02. The SMILES string of the molecule is NCC(c1cccc(Cl)c1F)C(O)c1ccc(Br)cc1Cl. The number of nitrogens with two attached hydrogens (primary N) is 1. The van der Waals surface area contributed by atoms with Gasteiger partial charge in [-0.2, -0.15) is 0 Å². The van der Waals surface area contributed by atoms with E-state index in [2.05, 4.69) is 15.9 Å². The van der Waals surface area contributed by atoms with Gasteiger partial charge in [0.2, 0.25) is 0 Å². The van der Waals surface area contributed by atoms with E-state index in [0.717, 1.165) is 4.47 Å². The third-order valence-corrected chi connectivity index (χ3v) is 4.41. The number of halogens is 4. The second-order valence-corrected chi connectivity index (χ2v) is 6.33. The van der Waals surface area contributed by atoms with Crippen molar-refractivity contribution in [3.63, 3.8) is 0 Å². The van der Waals surface area contributed by atoms with Gasteiger partial charge < -0.3 is 10.8 Å². The molecule has 2 unspecified atom stereocenters. The van der Waals surface area contributed by atoms with Gasteiger partial charge in [0, 0.05) is 22.0 Å². The molecule has 0 radical (unpaired) electrons. The predicted molar refractivity (Wildman–Crippen MR) is 87.3 cm³/mol. The van der Waals surface area contributed by atoms with Crippen molar-refractivity contribution in [2.45, 2.75) is 12.0 Å². The Kier molecular flexibility index (Phi) is 5.63. The molecular weight excluding hydrogens is 380 g/mol. The molecule has 0 aliphatic heterocycles. The Morgan fingerprint density at radius 1 is 1.14 bits per heavy atom. The fraction of sp³-hybridized carbons (Fsp3) is 0.200. The molecule has 3 N–H and O–H groups in total. The van der Waals surface area contributed by atoms with E-state index >= 15 is 0 Å². The lowest BCUT2D eigenvalue weighted by Gasteiger charge is -2.24. The smallest absolute Gasteiger partial charge is 0.145 e. The molecular formula is C15H13BrCl2FNO. The van der Waals surface area contributed by atoms with Gasteiger partial charge in [-0.3, -0.25) is 0 Å². The molecule has 2 aromatic carbocycles. The Balaban J connectivity index is 2.43. The Bertz CT molecular complexity index is 654. The molecule has 0 aliphatic carbocycles. The summed E-state index contributed by atoms with van der Waals surface area (Å²) in [5, 5.41) is 10.9.